The van der Waals surface area contributed by atoms with E-state index in [2.05, 4.69) is 23.8 Å². The summed E-state index contributed by atoms with van der Waals surface area (Å²) in [6.07, 6.45) is 2.46. The molecule has 0 saturated heterocycles. The van der Waals surface area contributed by atoms with Crippen LogP contribution in [0, 0.1) is 5.92 Å². The van der Waals surface area contributed by atoms with E-state index in [1.807, 2.05) is 54.6 Å². The zero-order chi connectivity index (χ0) is 31.2. The van der Waals surface area contributed by atoms with Crippen molar-refractivity contribution in [1.29, 1.82) is 0 Å². The molecule has 2 aromatic carbocycles. The standard InChI is InChI=1S/C33H41N3O7/c1-4-11-26(18-30(38)36-20-27-16-10-9-15-25(27)17-28(36)21-37)31(39)34-19-23(3)43-32(40)29(12-5-2)35-33(41)42-22-24-13-7-6-8-14-24/h4-10,13-16,23,26,28-29,37H,1-2,11-12,17-22H2,3H3,(H,34,39)(H,35,41). The van der Waals surface area contributed by atoms with E-state index < -0.39 is 30.1 Å². The predicted octanol–water partition coefficient (Wildman–Crippen LogP) is 3.43. The minimum absolute atomic E-state index is 0.00201. The number of carbonyl (C=O) groups excluding carboxylic acids is 4. The van der Waals surface area contributed by atoms with Crippen molar-refractivity contribution in [3.63, 3.8) is 0 Å². The molecule has 0 saturated carbocycles. The second-order valence-corrected chi connectivity index (χ2v) is 10.5. The van der Waals surface area contributed by atoms with E-state index in [1.165, 1.54) is 6.08 Å². The normalized spacial score (nSPS) is 16.0. The third kappa shape index (κ3) is 10.1. The largest absolute Gasteiger partial charge is 0.459 e. The lowest BCUT2D eigenvalue weighted by Crippen LogP contribution is -2.48. The summed E-state index contributed by atoms with van der Waals surface area (Å²) in [4.78, 5) is 53.0. The molecule has 0 radical (unpaired) electrons. The first kappa shape index (κ1) is 33.1. The molecular formula is C33H41N3O7. The highest BCUT2D eigenvalue weighted by atomic mass is 16.6. The summed E-state index contributed by atoms with van der Waals surface area (Å²) < 4.78 is 10.7. The Bertz CT molecular complexity index is 1270. The van der Waals surface area contributed by atoms with Crippen molar-refractivity contribution in [2.24, 2.45) is 5.92 Å². The number of aliphatic hydroxyl groups is 1. The molecule has 4 atom stereocenters. The van der Waals surface area contributed by atoms with Gasteiger partial charge in [0.05, 0.1) is 25.1 Å². The van der Waals surface area contributed by atoms with E-state index >= 15 is 0 Å². The van der Waals surface area contributed by atoms with Gasteiger partial charge in [0.25, 0.3) is 0 Å². The number of aliphatic hydroxyl groups excluding tert-OH is 1. The lowest BCUT2D eigenvalue weighted by atomic mass is 9.92. The predicted molar refractivity (Wildman–Crippen MR) is 161 cm³/mol. The average Bonchev–Trinajstić information content (AvgIpc) is 3.01. The minimum Gasteiger partial charge on any atom is -0.459 e. The van der Waals surface area contributed by atoms with Gasteiger partial charge >= 0.3 is 12.1 Å². The summed E-state index contributed by atoms with van der Waals surface area (Å²) in [5.41, 5.74) is 2.93. The van der Waals surface area contributed by atoms with Gasteiger partial charge in [0, 0.05) is 13.0 Å². The number of esters is 1. The van der Waals surface area contributed by atoms with Crippen molar-refractivity contribution in [2.45, 2.75) is 63.9 Å². The van der Waals surface area contributed by atoms with Crippen LogP contribution >= 0.6 is 0 Å². The van der Waals surface area contributed by atoms with E-state index in [1.54, 1.807) is 17.9 Å². The molecular weight excluding hydrogens is 550 g/mol. The van der Waals surface area contributed by atoms with E-state index in [9.17, 15) is 24.3 Å². The molecule has 0 bridgehead atoms. The fourth-order valence-corrected chi connectivity index (χ4v) is 4.85. The fraction of sp³-hybridized carbons (Fsp3) is 0.394. The number of carbonyl (C=O) groups is 4. The Morgan fingerprint density at radius 2 is 1.70 bits per heavy atom. The van der Waals surface area contributed by atoms with Gasteiger partial charge in [-0.05, 0) is 42.9 Å². The molecule has 3 amide bonds. The number of hydrogen-bond acceptors (Lipinski definition) is 7. The number of fused-ring (bicyclic) bond motifs is 1. The van der Waals surface area contributed by atoms with Crippen LogP contribution < -0.4 is 10.6 Å². The number of nitrogens with zero attached hydrogens (tertiary/aromatic N) is 1. The third-order valence-electron chi connectivity index (χ3n) is 7.20. The number of benzene rings is 2. The number of ether oxygens (including phenoxy) is 2. The Kier molecular flexibility index (Phi) is 13.0. The maximum absolute atomic E-state index is 13.3. The second kappa shape index (κ2) is 16.9. The first-order chi connectivity index (χ1) is 20.7. The highest BCUT2D eigenvalue weighted by molar-refractivity contribution is 5.86. The first-order valence-electron chi connectivity index (χ1n) is 14.4. The van der Waals surface area contributed by atoms with Gasteiger partial charge in [0.15, 0.2) is 0 Å². The molecule has 4 unspecified atom stereocenters. The summed E-state index contributed by atoms with van der Waals surface area (Å²) in [5.74, 6) is -1.98. The van der Waals surface area contributed by atoms with Crippen molar-refractivity contribution >= 4 is 23.9 Å². The molecule has 0 aromatic heterocycles. The van der Waals surface area contributed by atoms with Crippen molar-refractivity contribution in [3.05, 3.63) is 96.6 Å². The summed E-state index contributed by atoms with van der Waals surface area (Å²) >= 11 is 0. The second-order valence-electron chi connectivity index (χ2n) is 10.5. The van der Waals surface area contributed by atoms with Crippen molar-refractivity contribution in [2.75, 3.05) is 13.2 Å². The van der Waals surface area contributed by atoms with Crippen LogP contribution in [0.1, 0.15) is 42.9 Å². The molecule has 43 heavy (non-hydrogen) atoms. The number of rotatable bonds is 15. The van der Waals surface area contributed by atoms with Gasteiger partial charge in [-0.25, -0.2) is 9.59 Å². The molecule has 10 nitrogen and oxygen atoms in total. The molecule has 0 fully saturated rings. The van der Waals surface area contributed by atoms with Crippen LogP contribution in [0.4, 0.5) is 4.79 Å². The van der Waals surface area contributed by atoms with E-state index in [0.717, 1.165) is 16.7 Å². The molecule has 1 heterocycles. The van der Waals surface area contributed by atoms with Crippen molar-refractivity contribution < 1.29 is 33.8 Å². The maximum atomic E-state index is 13.3. The molecule has 0 aliphatic carbocycles. The summed E-state index contributed by atoms with van der Waals surface area (Å²) in [5, 5.41) is 15.2. The van der Waals surface area contributed by atoms with Crippen molar-refractivity contribution in [3.8, 4) is 0 Å². The molecule has 2 aromatic rings. The summed E-state index contributed by atoms with van der Waals surface area (Å²) in [6.45, 7) is 9.21. The van der Waals surface area contributed by atoms with Gasteiger partial charge in [-0.2, -0.15) is 0 Å². The molecule has 10 heteroatoms. The van der Waals surface area contributed by atoms with E-state index in [-0.39, 0.29) is 56.9 Å². The summed E-state index contributed by atoms with van der Waals surface area (Å²) in [7, 11) is 0. The topological polar surface area (TPSA) is 134 Å². The van der Waals surface area contributed by atoms with Crippen LogP contribution in [0.3, 0.4) is 0 Å². The molecule has 1 aliphatic rings. The van der Waals surface area contributed by atoms with Crippen LogP contribution in [-0.4, -0.2) is 65.2 Å². The van der Waals surface area contributed by atoms with Crippen molar-refractivity contribution in [1.82, 2.24) is 15.5 Å². The fourth-order valence-electron chi connectivity index (χ4n) is 4.85. The zero-order valence-corrected chi connectivity index (χ0v) is 24.6. The lowest BCUT2D eigenvalue weighted by molar-refractivity contribution is -0.151. The number of amides is 3. The van der Waals surface area contributed by atoms with Gasteiger partial charge in [-0.3, -0.25) is 9.59 Å². The smallest absolute Gasteiger partial charge is 0.408 e. The lowest BCUT2D eigenvalue weighted by Gasteiger charge is -2.36. The molecule has 1 aliphatic heterocycles. The van der Waals surface area contributed by atoms with Gasteiger partial charge in [0.1, 0.15) is 18.8 Å². The van der Waals surface area contributed by atoms with E-state index in [0.29, 0.717) is 13.0 Å². The first-order valence-corrected chi connectivity index (χ1v) is 14.4. The Hall–Kier alpha value is -4.44. The average molecular weight is 592 g/mol. The van der Waals surface area contributed by atoms with Gasteiger partial charge in [0.2, 0.25) is 11.8 Å². The van der Waals surface area contributed by atoms with Crippen LogP contribution in [0.5, 0.6) is 0 Å². The van der Waals surface area contributed by atoms with Gasteiger partial charge < -0.3 is 30.1 Å². The Labute approximate surface area is 252 Å². The van der Waals surface area contributed by atoms with Crippen LogP contribution in [0.25, 0.3) is 0 Å². The molecule has 3 rings (SSSR count). The highest BCUT2D eigenvalue weighted by Crippen LogP contribution is 2.25. The maximum Gasteiger partial charge on any atom is 0.408 e. The number of hydrogen-bond donors (Lipinski definition) is 3. The molecule has 0 spiro atoms. The number of nitrogens with one attached hydrogen (secondary N) is 2. The molecule has 230 valence electrons. The van der Waals surface area contributed by atoms with Gasteiger partial charge in [-0.1, -0.05) is 66.7 Å². The Morgan fingerprint density at radius 1 is 1.02 bits per heavy atom. The van der Waals surface area contributed by atoms with Crippen LogP contribution in [0.15, 0.2) is 79.9 Å². The SMILES string of the molecule is C=CCC(CC(=O)N1Cc2ccccc2CC1CO)C(=O)NCC(C)OC(=O)C(CC=C)NC(=O)OCc1ccccc1. The summed E-state index contributed by atoms with van der Waals surface area (Å²) in [6, 6.07) is 15.6. The number of allylic oxidation sites excluding steroid dienone is 1. The van der Waals surface area contributed by atoms with Crippen LogP contribution in [0.2, 0.25) is 0 Å². The third-order valence-corrected chi connectivity index (χ3v) is 7.20. The minimum atomic E-state index is -1.01. The van der Waals surface area contributed by atoms with E-state index in [4.69, 9.17) is 9.47 Å². The molecule has 3 N–H and O–H groups in total. The van der Waals surface area contributed by atoms with Crippen LogP contribution in [-0.2, 0) is 43.4 Å². The monoisotopic (exact) mass is 591 g/mol. The number of alkyl carbamates (subject to hydrolysis) is 1. The quantitative estimate of drug-likeness (QED) is 0.213. The van der Waals surface area contributed by atoms with Gasteiger partial charge in [-0.15, -0.1) is 13.2 Å². The zero-order valence-electron chi connectivity index (χ0n) is 24.6. The Morgan fingerprint density at radius 3 is 2.37 bits per heavy atom. The highest BCUT2D eigenvalue weighted by Gasteiger charge is 2.32. The Balaban J connectivity index is 1.50.